The molecule has 1 fully saturated rings. The van der Waals surface area contributed by atoms with Gasteiger partial charge in [-0.15, -0.1) is 0 Å². The molecule has 1 aliphatic heterocycles. The molecule has 0 amide bonds. The highest BCUT2D eigenvalue weighted by atomic mass is 32.2. The highest BCUT2D eigenvalue weighted by molar-refractivity contribution is 7.89. The third-order valence-electron chi connectivity index (χ3n) is 2.43. The summed E-state index contributed by atoms with van der Waals surface area (Å²) in [7, 11) is -3.99. The van der Waals surface area contributed by atoms with E-state index in [0.717, 1.165) is 12.1 Å². The molecule has 98 valence electrons. The molecule has 18 heavy (non-hydrogen) atoms. The Bertz CT molecular complexity index is 582. The van der Waals surface area contributed by atoms with E-state index in [1.165, 1.54) is 0 Å². The molecule has 0 aromatic heterocycles. The summed E-state index contributed by atoms with van der Waals surface area (Å²) < 4.78 is 44.2. The van der Waals surface area contributed by atoms with Crippen LogP contribution in [0.5, 0.6) is 0 Å². The van der Waals surface area contributed by atoms with E-state index in [1.807, 2.05) is 0 Å². The van der Waals surface area contributed by atoms with E-state index in [9.17, 15) is 17.6 Å². The van der Waals surface area contributed by atoms with Gasteiger partial charge in [0.25, 0.3) is 0 Å². The number of aromatic carboxylic acids is 1. The van der Waals surface area contributed by atoms with E-state index in [1.54, 1.807) is 0 Å². The van der Waals surface area contributed by atoms with Crippen LogP contribution in [-0.2, 0) is 14.8 Å². The Morgan fingerprint density at radius 2 is 2.11 bits per heavy atom. The lowest BCUT2D eigenvalue weighted by molar-refractivity contribution is 0.00480. The van der Waals surface area contributed by atoms with E-state index < -0.39 is 26.7 Å². The normalized spacial score (nSPS) is 16.3. The predicted molar refractivity (Wildman–Crippen MR) is 58.3 cm³/mol. The van der Waals surface area contributed by atoms with E-state index in [0.29, 0.717) is 6.07 Å². The molecule has 6 nitrogen and oxygen atoms in total. The second kappa shape index (κ2) is 4.63. The molecule has 0 atom stereocenters. The van der Waals surface area contributed by atoms with Crippen molar-refractivity contribution >= 4 is 16.0 Å². The van der Waals surface area contributed by atoms with Crippen LogP contribution in [0.3, 0.4) is 0 Å². The van der Waals surface area contributed by atoms with Crippen molar-refractivity contribution < 1.29 is 27.4 Å². The molecule has 0 radical (unpaired) electrons. The minimum atomic E-state index is -3.99. The standard InChI is InChI=1S/C10H10FNO5S/c11-8-3-6(10(13)14)1-2-9(8)18(15,16)12-7-4-17-5-7/h1-3,7,12H,4-5H2,(H,13,14). The van der Waals surface area contributed by atoms with Gasteiger partial charge in [-0.05, 0) is 18.2 Å². The van der Waals surface area contributed by atoms with Crippen LogP contribution >= 0.6 is 0 Å². The van der Waals surface area contributed by atoms with Crippen LogP contribution in [0.2, 0.25) is 0 Å². The molecule has 0 aliphatic carbocycles. The maximum Gasteiger partial charge on any atom is 0.335 e. The van der Waals surface area contributed by atoms with E-state index >= 15 is 0 Å². The van der Waals surface area contributed by atoms with Gasteiger partial charge in [0.15, 0.2) is 0 Å². The largest absolute Gasteiger partial charge is 0.478 e. The number of benzene rings is 1. The number of carbonyl (C=O) groups is 1. The Balaban J connectivity index is 2.29. The molecule has 2 N–H and O–H groups in total. The van der Waals surface area contributed by atoms with Crippen molar-refractivity contribution in [3.63, 3.8) is 0 Å². The lowest BCUT2D eigenvalue weighted by atomic mass is 10.2. The Morgan fingerprint density at radius 1 is 1.44 bits per heavy atom. The third-order valence-corrected chi connectivity index (χ3v) is 3.98. The van der Waals surface area contributed by atoms with Gasteiger partial charge < -0.3 is 9.84 Å². The molecule has 1 aromatic carbocycles. The zero-order chi connectivity index (χ0) is 13.3. The van der Waals surface area contributed by atoms with Crippen molar-refractivity contribution in [3.8, 4) is 0 Å². The van der Waals surface area contributed by atoms with Gasteiger partial charge in [-0.3, -0.25) is 0 Å². The summed E-state index contributed by atoms with van der Waals surface area (Å²) in [6, 6.07) is 2.28. The highest BCUT2D eigenvalue weighted by Gasteiger charge is 2.27. The van der Waals surface area contributed by atoms with Crippen molar-refractivity contribution in [2.45, 2.75) is 10.9 Å². The molecule has 0 spiro atoms. The maximum atomic E-state index is 13.6. The van der Waals surface area contributed by atoms with Crippen molar-refractivity contribution in [2.24, 2.45) is 0 Å². The Morgan fingerprint density at radius 3 is 2.56 bits per heavy atom. The summed E-state index contributed by atoms with van der Waals surface area (Å²) in [4.78, 5) is 10.0. The third kappa shape index (κ3) is 2.50. The van der Waals surface area contributed by atoms with E-state index in [4.69, 9.17) is 9.84 Å². The second-order valence-corrected chi connectivity index (χ2v) is 5.49. The lowest BCUT2D eigenvalue weighted by Crippen LogP contribution is -2.48. The smallest absolute Gasteiger partial charge is 0.335 e. The number of hydrogen-bond donors (Lipinski definition) is 2. The molecule has 2 rings (SSSR count). The van der Waals surface area contributed by atoms with Crippen LogP contribution in [0.25, 0.3) is 0 Å². The van der Waals surface area contributed by atoms with Gasteiger partial charge in [0.2, 0.25) is 10.0 Å². The van der Waals surface area contributed by atoms with Crippen molar-refractivity contribution in [1.29, 1.82) is 0 Å². The van der Waals surface area contributed by atoms with Crippen LogP contribution in [-0.4, -0.2) is 38.7 Å². The Kier molecular flexibility index (Phi) is 3.33. The molecule has 0 saturated carbocycles. The van der Waals surface area contributed by atoms with Crippen LogP contribution in [0.4, 0.5) is 4.39 Å². The first-order chi connectivity index (χ1) is 8.40. The fourth-order valence-electron chi connectivity index (χ4n) is 1.44. The Labute approximate surface area is 102 Å². The summed E-state index contributed by atoms with van der Waals surface area (Å²) in [5.74, 6) is -2.42. The number of carboxylic acid groups (broad SMARTS) is 1. The molecule has 1 heterocycles. The van der Waals surface area contributed by atoms with E-state index in [-0.39, 0.29) is 24.8 Å². The average Bonchev–Trinajstić information content (AvgIpc) is 2.23. The van der Waals surface area contributed by atoms with Gasteiger partial charge in [0.05, 0.1) is 24.8 Å². The number of halogens is 1. The van der Waals surface area contributed by atoms with Gasteiger partial charge in [0, 0.05) is 0 Å². The van der Waals surface area contributed by atoms with Crippen molar-refractivity contribution in [3.05, 3.63) is 29.6 Å². The van der Waals surface area contributed by atoms with Crippen molar-refractivity contribution in [2.75, 3.05) is 13.2 Å². The second-order valence-electron chi connectivity index (χ2n) is 3.81. The predicted octanol–water partition coefficient (Wildman–Crippen LogP) is 0.201. The van der Waals surface area contributed by atoms with E-state index in [2.05, 4.69) is 4.72 Å². The molecule has 1 saturated heterocycles. The average molecular weight is 275 g/mol. The molecular formula is C10H10FNO5S. The summed E-state index contributed by atoms with van der Waals surface area (Å²) in [6.07, 6.45) is 0. The van der Waals surface area contributed by atoms with Crippen LogP contribution in [0.1, 0.15) is 10.4 Å². The SMILES string of the molecule is O=C(O)c1ccc(S(=O)(=O)NC2COC2)c(F)c1. The molecule has 1 aromatic rings. The summed E-state index contributed by atoms with van der Waals surface area (Å²) in [6.45, 7) is 0.488. The van der Waals surface area contributed by atoms with Gasteiger partial charge in [0.1, 0.15) is 10.7 Å². The maximum absolute atomic E-state index is 13.6. The van der Waals surface area contributed by atoms with Crippen LogP contribution in [0, 0.1) is 5.82 Å². The zero-order valence-electron chi connectivity index (χ0n) is 9.09. The summed E-state index contributed by atoms with van der Waals surface area (Å²) in [5, 5.41) is 8.65. The zero-order valence-corrected chi connectivity index (χ0v) is 9.91. The molecule has 0 bridgehead atoms. The summed E-state index contributed by atoms with van der Waals surface area (Å²) >= 11 is 0. The first-order valence-corrected chi connectivity index (χ1v) is 6.51. The first kappa shape index (κ1) is 12.9. The van der Waals surface area contributed by atoms with Gasteiger partial charge in [-0.1, -0.05) is 0 Å². The fraction of sp³-hybridized carbons (Fsp3) is 0.300. The van der Waals surface area contributed by atoms with Crippen LogP contribution < -0.4 is 4.72 Å². The molecule has 1 aliphatic rings. The molecular weight excluding hydrogens is 265 g/mol. The topological polar surface area (TPSA) is 92.7 Å². The number of hydrogen-bond acceptors (Lipinski definition) is 4. The first-order valence-electron chi connectivity index (χ1n) is 5.03. The number of carboxylic acids is 1. The highest BCUT2D eigenvalue weighted by Crippen LogP contribution is 2.17. The molecule has 8 heteroatoms. The van der Waals surface area contributed by atoms with Gasteiger partial charge in [-0.2, -0.15) is 0 Å². The fourth-order valence-corrected chi connectivity index (χ4v) is 2.70. The van der Waals surface area contributed by atoms with Gasteiger partial charge in [-0.25, -0.2) is 22.3 Å². The van der Waals surface area contributed by atoms with Crippen LogP contribution in [0.15, 0.2) is 23.1 Å². The number of nitrogens with one attached hydrogen (secondary N) is 1. The van der Waals surface area contributed by atoms with Crippen molar-refractivity contribution in [1.82, 2.24) is 4.72 Å². The quantitative estimate of drug-likeness (QED) is 0.819. The Hall–Kier alpha value is -1.51. The van der Waals surface area contributed by atoms with Gasteiger partial charge >= 0.3 is 5.97 Å². The number of ether oxygens (including phenoxy) is 1. The molecule has 0 unspecified atom stereocenters. The minimum absolute atomic E-state index is 0.244. The monoisotopic (exact) mass is 275 g/mol. The summed E-state index contributed by atoms with van der Waals surface area (Å²) in [5.41, 5.74) is -0.307. The lowest BCUT2D eigenvalue weighted by Gasteiger charge is -2.26. The number of sulfonamides is 1. The number of rotatable bonds is 4. The minimum Gasteiger partial charge on any atom is -0.478 e.